The van der Waals surface area contributed by atoms with E-state index in [0.717, 1.165) is 30.6 Å². The Kier molecular flexibility index (Phi) is 5.82. The van der Waals surface area contributed by atoms with Crippen LogP contribution in [0.1, 0.15) is 98.8 Å². The van der Waals surface area contributed by atoms with Gasteiger partial charge in [0, 0.05) is 6.42 Å². The van der Waals surface area contributed by atoms with Gasteiger partial charge in [-0.2, -0.15) is 0 Å². The number of ketones is 1. The van der Waals surface area contributed by atoms with Gasteiger partial charge >= 0.3 is 0 Å². The summed E-state index contributed by atoms with van der Waals surface area (Å²) in [5, 5.41) is 11.3. The summed E-state index contributed by atoms with van der Waals surface area (Å²) < 4.78 is 0. The van der Waals surface area contributed by atoms with Crippen LogP contribution < -0.4 is 0 Å². The lowest BCUT2D eigenvalue weighted by Crippen LogP contribution is -2.55. The Balaban J connectivity index is 1.54. The number of carbonyl (C=O) groups excluding carboxylic acids is 1. The fourth-order valence-electron chi connectivity index (χ4n) is 8.55. The van der Waals surface area contributed by atoms with Crippen LogP contribution in [0.15, 0.2) is 11.6 Å². The highest BCUT2D eigenvalue weighted by Crippen LogP contribution is 2.67. The van der Waals surface area contributed by atoms with Crippen LogP contribution in [0.2, 0.25) is 0 Å². The minimum atomic E-state index is -0.246. The quantitative estimate of drug-likeness (QED) is 0.567. The Morgan fingerprint density at radius 1 is 1.07 bits per heavy atom. The fraction of sp³-hybridized carbons (Fsp3) is 0.889. The first-order valence-electron chi connectivity index (χ1n) is 12.6. The SMILES string of the molecule is CC(C)CCC[C@@H](C)[C@H]1CC[C@H]2C3[C@H](O)CC4=CC(=O)CC[C@]4(C)[C@H]3CC[C@]12C. The summed E-state index contributed by atoms with van der Waals surface area (Å²) in [7, 11) is 0. The Bertz CT molecular complexity index is 663. The molecule has 4 rings (SSSR count). The Morgan fingerprint density at radius 3 is 2.55 bits per heavy atom. The normalized spacial score (nSPS) is 45.4. The molecule has 0 aromatic carbocycles. The minimum Gasteiger partial charge on any atom is -0.392 e. The first-order chi connectivity index (χ1) is 13.7. The van der Waals surface area contributed by atoms with Gasteiger partial charge in [0.2, 0.25) is 0 Å². The van der Waals surface area contributed by atoms with Gasteiger partial charge < -0.3 is 5.11 Å². The Hall–Kier alpha value is -0.630. The van der Waals surface area contributed by atoms with Gasteiger partial charge in [0.15, 0.2) is 5.78 Å². The van der Waals surface area contributed by atoms with Crippen LogP contribution >= 0.6 is 0 Å². The number of aliphatic hydroxyl groups excluding tert-OH is 1. The molecule has 0 aromatic heterocycles. The van der Waals surface area contributed by atoms with Crippen LogP contribution in [0.3, 0.4) is 0 Å². The van der Waals surface area contributed by atoms with Crippen molar-refractivity contribution in [2.24, 2.45) is 46.3 Å². The summed E-state index contributed by atoms with van der Waals surface area (Å²) in [6, 6.07) is 0. The molecule has 4 aliphatic carbocycles. The molecule has 0 aliphatic heterocycles. The van der Waals surface area contributed by atoms with E-state index in [2.05, 4.69) is 34.6 Å². The van der Waals surface area contributed by atoms with Gasteiger partial charge in [0.1, 0.15) is 0 Å². The third-order valence-corrected chi connectivity index (χ3v) is 10.2. The van der Waals surface area contributed by atoms with Crippen LogP contribution in [0.25, 0.3) is 0 Å². The van der Waals surface area contributed by atoms with Gasteiger partial charge in [0.25, 0.3) is 0 Å². The van der Waals surface area contributed by atoms with E-state index in [-0.39, 0.29) is 17.3 Å². The monoisotopic (exact) mass is 400 g/mol. The third-order valence-electron chi connectivity index (χ3n) is 10.2. The molecule has 164 valence electrons. The predicted octanol–water partition coefficient (Wildman–Crippen LogP) is 6.57. The first kappa shape index (κ1) is 21.6. The molecular formula is C27H44O2. The first-order valence-corrected chi connectivity index (χ1v) is 12.6. The van der Waals surface area contributed by atoms with Crippen LogP contribution in [0, 0.1) is 46.3 Å². The molecule has 3 fully saturated rings. The van der Waals surface area contributed by atoms with Gasteiger partial charge in [-0.25, -0.2) is 0 Å². The van der Waals surface area contributed by atoms with E-state index < -0.39 is 0 Å². The molecule has 0 radical (unpaired) electrons. The number of carbonyl (C=O) groups is 1. The van der Waals surface area contributed by atoms with Crippen LogP contribution in [0.5, 0.6) is 0 Å². The second-order valence-corrected chi connectivity index (χ2v) is 12.1. The maximum absolute atomic E-state index is 12.0. The van der Waals surface area contributed by atoms with Crippen molar-refractivity contribution in [3.63, 3.8) is 0 Å². The standard InChI is InChI=1S/C27H44O2/c1-17(2)7-6-8-18(3)21-9-10-22-25-23(12-14-27(21,22)5)26(4)13-11-20(28)15-19(26)16-24(25)29/h15,17-18,21-25,29H,6-14,16H2,1-5H3/t18-,21-,22+,23+,24-,25?,26+,27-/m1/s1. The molecule has 8 atom stereocenters. The van der Waals surface area contributed by atoms with E-state index >= 15 is 0 Å². The average Bonchev–Trinajstić information content (AvgIpc) is 3.00. The van der Waals surface area contributed by atoms with Crippen molar-refractivity contribution in [2.75, 3.05) is 0 Å². The summed E-state index contributed by atoms with van der Waals surface area (Å²) >= 11 is 0. The Labute approximate surface area is 178 Å². The Morgan fingerprint density at radius 2 is 1.83 bits per heavy atom. The van der Waals surface area contributed by atoms with E-state index in [0.29, 0.717) is 29.6 Å². The van der Waals surface area contributed by atoms with E-state index in [1.54, 1.807) is 0 Å². The molecular weight excluding hydrogens is 356 g/mol. The molecule has 4 aliphatic rings. The highest BCUT2D eigenvalue weighted by molar-refractivity contribution is 5.91. The summed E-state index contributed by atoms with van der Waals surface area (Å²) in [4.78, 5) is 12.0. The maximum Gasteiger partial charge on any atom is 0.155 e. The maximum atomic E-state index is 12.0. The molecule has 1 unspecified atom stereocenters. The van der Waals surface area contributed by atoms with E-state index in [4.69, 9.17) is 0 Å². The lowest BCUT2D eigenvalue weighted by molar-refractivity contribution is -0.124. The number of hydrogen-bond donors (Lipinski definition) is 1. The number of rotatable bonds is 5. The van der Waals surface area contributed by atoms with E-state index in [1.165, 1.54) is 50.5 Å². The van der Waals surface area contributed by atoms with Crippen molar-refractivity contribution >= 4 is 5.78 Å². The molecule has 0 bridgehead atoms. The molecule has 0 spiro atoms. The van der Waals surface area contributed by atoms with Crippen molar-refractivity contribution in [3.05, 3.63) is 11.6 Å². The van der Waals surface area contributed by atoms with Crippen molar-refractivity contribution in [3.8, 4) is 0 Å². The van der Waals surface area contributed by atoms with Gasteiger partial charge in [-0.05, 0) is 90.9 Å². The van der Waals surface area contributed by atoms with Gasteiger partial charge in [-0.3, -0.25) is 4.79 Å². The van der Waals surface area contributed by atoms with Crippen LogP contribution in [0.4, 0.5) is 0 Å². The smallest absolute Gasteiger partial charge is 0.155 e. The second kappa shape index (κ2) is 7.81. The average molecular weight is 401 g/mol. The molecule has 0 aromatic rings. The van der Waals surface area contributed by atoms with Gasteiger partial charge in [0.05, 0.1) is 6.10 Å². The largest absolute Gasteiger partial charge is 0.392 e. The van der Waals surface area contributed by atoms with Crippen molar-refractivity contribution in [2.45, 2.75) is 105 Å². The van der Waals surface area contributed by atoms with Crippen molar-refractivity contribution in [1.82, 2.24) is 0 Å². The zero-order valence-electron chi connectivity index (χ0n) is 19.5. The van der Waals surface area contributed by atoms with E-state index in [9.17, 15) is 9.90 Å². The van der Waals surface area contributed by atoms with E-state index in [1.807, 2.05) is 6.08 Å². The lowest BCUT2D eigenvalue weighted by atomic mass is 9.45. The summed E-state index contributed by atoms with van der Waals surface area (Å²) in [6.45, 7) is 12.2. The van der Waals surface area contributed by atoms with Crippen molar-refractivity contribution < 1.29 is 9.90 Å². The number of aliphatic hydroxyl groups is 1. The lowest BCUT2D eigenvalue weighted by Gasteiger charge is -2.60. The molecule has 0 amide bonds. The summed E-state index contributed by atoms with van der Waals surface area (Å²) in [5.74, 6) is 4.40. The predicted molar refractivity (Wildman–Crippen MR) is 119 cm³/mol. The summed E-state index contributed by atoms with van der Waals surface area (Å²) in [6.07, 6.45) is 13.4. The van der Waals surface area contributed by atoms with Crippen LogP contribution in [-0.2, 0) is 4.79 Å². The minimum absolute atomic E-state index is 0.153. The molecule has 2 nitrogen and oxygen atoms in total. The van der Waals surface area contributed by atoms with Gasteiger partial charge in [-0.15, -0.1) is 0 Å². The van der Waals surface area contributed by atoms with Gasteiger partial charge in [-0.1, -0.05) is 59.5 Å². The molecule has 2 heteroatoms. The molecule has 1 N–H and O–H groups in total. The number of hydrogen-bond acceptors (Lipinski definition) is 2. The molecule has 0 heterocycles. The highest BCUT2D eigenvalue weighted by atomic mass is 16.3. The van der Waals surface area contributed by atoms with Crippen LogP contribution in [-0.4, -0.2) is 17.0 Å². The third kappa shape index (κ3) is 3.56. The topological polar surface area (TPSA) is 37.3 Å². The number of fused-ring (bicyclic) bond motifs is 5. The molecule has 3 saturated carbocycles. The summed E-state index contributed by atoms with van der Waals surface area (Å²) in [5.41, 5.74) is 1.82. The molecule has 29 heavy (non-hydrogen) atoms. The van der Waals surface area contributed by atoms with Crippen molar-refractivity contribution in [1.29, 1.82) is 0 Å². The fourth-order valence-corrected chi connectivity index (χ4v) is 8.55. The zero-order chi connectivity index (χ0) is 21.0. The second-order valence-electron chi connectivity index (χ2n) is 12.1. The highest BCUT2D eigenvalue weighted by Gasteiger charge is 2.61. The zero-order valence-corrected chi connectivity index (χ0v) is 19.5. The molecule has 0 saturated heterocycles.